The first-order valence-electron chi connectivity index (χ1n) is 5.60. The van der Waals surface area contributed by atoms with Gasteiger partial charge in [-0.25, -0.2) is 8.78 Å². The second-order valence-electron chi connectivity index (χ2n) is 4.15. The molecule has 0 radical (unpaired) electrons. The molecule has 0 aromatic heterocycles. The van der Waals surface area contributed by atoms with Crippen LogP contribution in [0.2, 0.25) is 0 Å². The molecule has 2 rings (SSSR count). The first kappa shape index (κ1) is 13.0. The predicted molar refractivity (Wildman–Crippen MR) is 69.9 cm³/mol. The molecule has 0 aliphatic carbocycles. The van der Waals surface area contributed by atoms with Gasteiger partial charge in [-0.15, -0.1) is 0 Å². The second-order valence-corrected chi connectivity index (χ2v) is 4.15. The zero-order valence-corrected chi connectivity index (χ0v) is 10.2. The van der Waals surface area contributed by atoms with Gasteiger partial charge in [-0.1, -0.05) is 0 Å². The Bertz CT molecular complexity index is 641. The van der Waals surface area contributed by atoms with Gasteiger partial charge < -0.3 is 11.1 Å². The highest BCUT2D eigenvalue weighted by Crippen LogP contribution is 2.18. The van der Waals surface area contributed by atoms with Crippen LogP contribution in [0.5, 0.6) is 0 Å². The van der Waals surface area contributed by atoms with Crippen LogP contribution in [0.1, 0.15) is 15.9 Å². The van der Waals surface area contributed by atoms with E-state index in [0.29, 0.717) is 17.4 Å². The molecule has 0 unspecified atom stereocenters. The largest absolute Gasteiger partial charge is 0.399 e. The van der Waals surface area contributed by atoms with Crippen molar-refractivity contribution in [1.29, 1.82) is 0 Å². The van der Waals surface area contributed by atoms with Crippen molar-refractivity contribution in [2.24, 2.45) is 0 Å². The number of hydrogen-bond acceptors (Lipinski definition) is 2. The topological polar surface area (TPSA) is 55.1 Å². The zero-order chi connectivity index (χ0) is 14.0. The molecule has 0 aliphatic heterocycles. The number of aryl methyl sites for hydroxylation is 1. The lowest BCUT2D eigenvalue weighted by Gasteiger charge is -2.08. The van der Waals surface area contributed by atoms with Crippen molar-refractivity contribution in [3.05, 3.63) is 59.2 Å². The summed E-state index contributed by atoms with van der Waals surface area (Å²) in [6, 6.07) is 7.74. The van der Waals surface area contributed by atoms with E-state index < -0.39 is 17.5 Å². The van der Waals surface area contributed by atoms with Gasteiger partial charge in [-0.2, -0.15) is 0 Å². The Morgan fingerprint density at radius 1 is 1.16 bits per heavy atom. The fourth-order valence-corrected chi connectivity index (χ4v) is 1.63. The standard InChI is InChI=1S/C14H12F2N2O/c1-8-6-10(3-5-13(8)17)18-14(19)11-4-2-9(15)7-12(11)16/h2-7H,17H2,1H3,(H,18,19). The van der Waals surface area contributed by atoms with Crippen molar-refractivity contribution < 1.29 is 13.6 Å². The first-order valence-corrected chi connectivity index (χ1v) is 5.60. The first-order chi connectivity index (χ1) is 8.97. The smallest absolute Gasteiger partial charge is 0.258 e. The Kier molecular flexibility index (Phi) is 3.46. The summed E-state index contributed by atoms with van der Waals surface area (Å²) in [5.41, 5.74) is 7.35. The SMILES string of the molecule is Cc1cc(NC(=O)c2ccc(F)cc2F)ccc1N. The monoisotopic (exact) mass is 262 g/mol. The van der Waals surface area contributed by atoms with Crippen LogP contribution in [0.25, 0.3) is 0 Å². The molecule has 98 valence electrons. The number of nitrogens with one attached hydrogen (secondary N) is 1. The minimum atomic E-state index is -0.898. The van der Waals surface area contributed by atoms with Crippen molar-refractivity contribution in [2.75, 3.05) is 11.1 Å². The van der Waals surface area contributed by atoms with Crippen molar-refractivity contribution in [3.8, 4) is 0 Å². The maximum Gasteiger partial charge on any atom is 0.258 e. The second kappa shape index (κ2) is 5.06. The van der Waals surface area contributed by atoms with E-state index in [1.54, 1.807) is 25.1 Å². The van der Waals surface area contributed by atoms with Crippen LogP contribution >= 0.6 is 0 Å². The summed E-state index contributed by atoms with van der Waals surface area (Å²) in [7, 11) is 0. The van der Waals surface area contributed by atoms with Gasteiger partial charge in [0.05, 0.1) is 5.56 Å². The third-order valence-corrected chi connectivity index (χ3v) is 2.70. The molecule has 0 saturated carbocycles. The van der Waals surface area contributed by atoms with Crippen molar-refractivity contribution >= 4 is 17.3 Å². The van der Waals surface area contributed by atoms with Crippen LogP contribution in [-0.2, 0) is 0 Å². The van der Waals surface area contributed by atoms with E-state index in [-0.39, 0.29) is 5.56 Å². The van der Waals surface area contributed by atoms with Crippen molar-refractivity contribution in [3.63, 3.8) is 0 Å². The molecule has 0 aliphatic rings. The van der Waals surface area contributed by atoms with E-state index in [4.69, 9.17) is 5.73 Å². The number of hydrogen-bond donors (Lipinski definition) is 2. The number of anilines is 2. The van der Waals surface area contributed by atoms with Gasteiger partial charge in [-0.3, -0.25) is 4.79 Å². The Morgan fingerprint density at radius 2 is 1.89 bits per heavy atom. The normalized spacial score (nSPS) is 10.3. The summed E-state index contributed by atoms with van der Waals surface area (Å²) in [4.78, 5) is 11.8. The highest BCUT2D eigenvalue weighted by molar-refractivity contribution is 6.04. The van der Waals surface area contributed by atoms with E-state index in [2.05, 4.69) is 5.32 Å². The molecule has 2 aromatic rings. The summed E-state index contributed by atoms with van der Waals surface area (Å²) in [5.74, 6) is -2.26. The van der Waals surface area contributed by atoms with Crippen LogP contribution in [0, 0.1) is 18.6 Å². The number of carbonyl (C=O) groups is 1. The van der Waals surface area contributed by atoms with Gasteiger partial charge in [0.2, 0.25) is 0 Å². The number of benzene rings is 2. The molecule has 3 N–H and O–H groups in total. The third-order valence-electron chi connectivity index (χ3n) is 2.70. The van der Waals surface area contributed by atoms with Crippen LogP contribution in [0.4, 0.5) is 20.2 Å². The lowest BCUT2D eigenvalue weighted by Crippen LogP contribution is -2.14. The van der Waals surface area contributed by atoms with Gasteiger partial charge in [0.15, 0.2) is 0 Å². The average molecular weight is 262 g/mol. The molecule has 5 heteroatoms. The van der Waals surface area contributed by atoms with Crippen molar-refractivity contribution in [2.45, 2.75) is 6.92 Å². The third kappa shape index (κ3) is 2.88. The highest BCUT2D eigenvalue weighted by atomic mass is 19.1. The van der Waals surface area contributed by atoms with E-state index in [1.807, 2.05) is 0 Å². The Labute approximate surface area is 109 Å². The molecule has 2 aromatic carbocycles. The maximum absolute atomic E-state index is 13.4. The lowest BCUT2D eigenvalue weighted by atomic mass is 10.1. The lowest BCUT2D eigenvalue weighted by molar-refractivity contribution is 0.102. The highest BCUT2D eigenvalue weighted by Gasteiger charge is 2.12. The fourth-order valence-electron chi connectivity index (χ4n) is 1.63. The molecule has 3 nitrogen and oxygen atoms in total. The minimum absolute atomic E-state index is 0.212. The summed E-state index contributed by atoms with van der Waals surface area (Å²) in [6.07, 6.45) is 0. The number of nitrogens with two attached hydrogens (primary N) is 1. The van der Waals surface area contributed by atoms with Gasteiger partial charge in [-0.05, 0) is 42.8 Å². The van der Waals surface area contributed by atoms with Gasteiger partial charge in [0.25, 0.3) is 5.91 Å². The van der Waals surface area contributed by atoms with Crippen LogP contribution in [0.15, 0.2) is 36.4 Å². The minimum Gasteiger partial charge on any atom is -0.399 e. The van der Waals surface area contributed by atoms with E-state index in [9.17, 15) is 13.6 Å². The van der Waals surface area contributed by atoms with E-state index >= 15 is 0 Å². The van der Waals surface area contributed by atoms with E-state index in [1.165, 1.54) is 0 Å². The Balaban J connectivity index is 2.23. The van der Waals surface area contributed by atoms with Crippen molar-refractivity contribution in [1.82, 2.24) is 0 Å². The summed E-state index contributed by atoms with van der Waals surface area (Å²) < 4.78 is 26.2. The summed E-state index contributed by atoms with van der Waals surface area (Å²) in [6.45, 7) is 1.80. The Morgan fingerprint density at radius 3 is 2.53 bits per heavy atom. The molecule has 0 spiro atoms. The number of rotatable bonds is 2. The fraction of sp³-hybridized carbons (Fsp3) is 0.0714. The molecular weight excluding hydrogens is 250 g/mol. The molecule has 0 fully saturated rings. The molecule has 19 heavy (non-hydrogen) atoms. The molecule has 0 heterocycles. The summed E-state index contributed by atoms with van der Waals surface area (Å²) >= 11 is 0. The zero-order valence-electron chi connectivity index (χ0n) is 10.2. The van der Waals surface area contributed by atoms with E-state index in [0.717, 1.165) is 17.7 Å². The number of halogens is 2. The molecule has 1 amide bonds. The quantitative estimate of drug-likeness (QED) is 0.817. The Hall–Kier alpha value is -2.43. The number of nitrogen functional groups attached to an aromatic ring is 1. The van der Waals surface area contributed by atoms with Gasteiger partial charge >= 0.3 is 0 Å². The molecule has 0 atom stereocenters. The summed E-state index contributed by atoms with van der Waals surface area (Å²) in [5, 5.41) is 2.53. The van der Waals surface area contributed by atoms with Gasteiger partial charge in [0.1, 0.15) is 11.6 Å². The van der Waals surface area contributed by atoms with Crippen LogP contribution in [-0.4, -0.2) is 5.91 Å². The average Bonchev–Trinajstić information content (AvgIpc) is 2.33. The van der Waals surface area contributed by atoms with Gasteiger partial charge in [0, 0.05) is 17.4 Å². The molecule has 0 saturated heterocycles. The number of carbonyl (C=O) groups excluding carboxylic acids is 1. The predicted octanol–water partition coefficient (Wildman–Crippen LogP) is 3.11. The van der Waals surface area contributed by atoms with Crippen LogP contribution < -0.4 is 11.1 Å². The maximum atomic E-state index is 13.4. The van der Waals surface area contributed by atoms with Crippen LogP contribution in [0.3, 0.4) is 0 Å². The number of amides is 1. The molecule has 0 bridgehead atoms. The molecular formula is C14H12F2N2O.